The summed E-state index contributed by atoms with van der Waals surface area (Å²) in [5.41, 5.74) is 0. The molecule has 0 aromatic rings. The number of amides is 2. The summed E-state index contributed by atoms with van der Waals surface area (Å²) in [5.74, 6) is -3.62. The fraction of sp³-hybridized carbons (Fsp3) is 0.333. The molecule has 5 nitrogen and oxygen atoms in total. The smallest absolute Gasteiger partial charge is 0.245 e. The number of carbonyl (C=O) groups excluding carboxylic acids is 2. The molecule has 1 fully saturated rings. The van der Waals surface area contributed by atoms with Gasteiger partial charge in [0, 0.05) is 0 Å². The van der Waals surface area contributed by atoms with Crippen LogP contribution < -0.4 is 5.32 Å². The summed E-state index contributed by atoms with van der Waals surface area (Å²) in [5, 5.41) is 18.6. The van der Waals surface area contributed by atoms with Crippen LogP contribution in [0.5, 0.6) is 0 Å². The zero-order valence-corrected chi connectivity index (χ0v) is 5.37. The minimum absolute atomic E-state index is 0.677. The van der Waals surface area contributed by atoms with Gasteiger partial charge in [0.1, 0.15) is 11.8 Å². The highest BCUT2D eigenvalue weighted by Gasteiger charge is 2.41. The van der Waals surface area contributed by atoms with E-state index in [-0.39, 0.29) is 0 Å². The van der Waals surface area contributed by atoms with Crippen molar-refractivity contribution >= 4 is 11.8 Å². The predicted molar refractivity (Wildman–Crippen MR) is 31.4 cm³/mol. The monoisotopic (exact) mass is 149 g/mol. The molecule has 0 saturated carbocycles. The van der Waals surface area contributed by atoms with Gasteiger partial charge in [0.15, 0.2) is 0 Å². The summed E-state index contributed by atoms with van der Waals surface area (Å²) < 4.78 is 0. The summed E-state index contributed by atoms with van der Waals surface area (Å²) in [6.07, 6.45) is 0. The number of nitrogens with one attached hydrogen (secondary N) is 1. The maximum Gasteiger partial charge on any atom is 0.245 e. The van der Waals surface area contributed by atoms with E-state index in [0.29, 0.717) is 0 Å². The first kappa shape index (κ1) is 7.23. The molecule has 0 bridgehead atoms. The molecule has 5 heteroatoms. The molecule has 0 aromatic carbocycles. The van der Waals surface area contributed by atoms with E-state index in [1.54, 1.807) is 12.1 Å². The minimum atomic E-state index is -1.13. The van der Waals surface area contributed by atoms with Crippen LogP contribution in [0.15, 0.2) is 0 Å². The van der Waals surface area contributed by atoms with Crippen molar-refractivity contribution in [3.05, 3.63) is 0 Å². The molecular formula is C6H3N3O2. The lowest BCUT2D eigenvalue weighted by Crippen LogP contribution is -2.21. The van der Waals surface area contributed by atoms with E-state index in [0.717, 1.165) is 0 Å². The molecule has 2 unspecified atom stereocenters. The lowest BCUT2D eigenvalue weighted by Gasteiger charge is -1.93. The molecule has 0 radical (unpaired) electrons. The molecular weight excluding hydrogens is 146 g/mol. The van der Waals surface area contributed by atoms with Crippen LogP contribution in [0.1, 0.15) is 0 Å². The average Bonchev–Trinajstić information content (AvgIpc) is 2.24. The SMILES string of the molecule is N#CC1C(=O)NC(=O)C1C#N. The minimum Gasteiger partial charge on any atom is -0.294 e. The van der Waals surface area contributed by atoms with Gasteiger partial charge < -0.3 is 0 Å². The summed E-state index contributed by atoms with van der Waals surface area (Å²) in [4.78, 5) is 21.4. The normalized spacial score (nSPS) is 28.9. The van der Waals surface area contributed by atoms with Crippen LogP contribution in [0.4, 0.5) is 0 Å². The number of carbonyl (C=O) groups is 2. The standard InChI is InChI=1S/C6H3N3O2/c7-1-3-4(2-8)6(11)9-5(3)10/h3-4H,(H,9,10,11). The molecule has 0 aliphatic carbocycles. The maximum absolute atomic E-state index is 10.7. The molecule has 11 heavy (non-hydrogen) atoms. The molecule has 1 N–H and O–H groups in total. The van der Waals surface area contributed by atoms with Crippen molar-refractivity contribution < 1.29 is 9.59 Å². The number of hydrogen-bond acceptors (Lipinski definition) is 4. The van der Waals surface area contributed by atoms with E-state index in [2.05, 4.69) is 0 Å². The van der Waals surface area contributed by atoms with Gasteiger partial charge in [-0.05, 0) is 0 Å². The Morgan fingerprint density at radius 1 is 1.09 bits per heavy atom. The molecule has 0 aromatic heterocycles. The summed E-state index contributed by atoms with van der Waals surface area (Å²) in [7, 11) is 0. The highest BCUT2D eigenvalue weighted by molar-refractivity contribution is 6.07. The molecule has 1 aliphatic rings. The Kier molecular flexibility index (Phi) is 1.57. The molecule has 1 heterocycles. The van der Waals surface area contributed by atoms with Crippen molar-refractivity contribution in [3.63, 3.8) is 0 Å². The second-order valence-electron chi connectivity index (χ2n) is 2.07. The summed E-state index contributed by atoms with van der Waals surface area (Å²) in [6, 6.07) is 3.18. The third-order valence-corrected chi connectivity index (χ3v) is 1.42. The Labute approximate surface area is 62.2 Å². The van der Waals surface area contributed by atoms with E-state index < -0.39 is 23.7 Å². The van der Waals surface area contributed by atoms with Crippen LogP contribution in [-0.4, -0.2) is 11.8 Å². The zero-order chi connectivity index (χ0) is 8.43. The van der Waals surface area contributed by atoms with Gasteiger partial charge in [0.25, 0.3) is 0 Å². The van der Waals surface area contributed by atoms with Gasteiger partial charge in [-0.25, -0.2) is 0 Å². The molecule has 54 valence electrons. The van der Waals surface area contributed by atoms with Gasteiger partial charge in [0.05, 0.1) is 12.1 Å². The van der Waals surface area contributed by atoms with Gasteiger partial charge >= 0.3 is 0 Å². The van der Waals surface area contributed by atoms with E-state index in [1.165, 1.54) is 0 Å². The van der Waals surface area contributed by atoms with Gasteiger partial charge in [-0.2, -0.15) is 10.5 Å². The Balaban J connectivity index is 2.97. The second-order valence-corrected chi connectivity index (χ2v) is 2.07. The highest BCUT2D eigenvalue weighted by Crippen LogP contribution is 2.16. The molecule has 2 atom stereocenters. The predicted octanol–water partition coefficient (Wildman–Crippen LogP) is -1.08. The van der Waals surface area contributed by atoms with E-state index >= 15 is 0 Å². The number of imide groups is 1. The number of rotatable bonds is 0. The van der Waals surface area contributed by atoms with Crippen LogP contribution in [0.25, 0.3) is 0 Å². The van der Waals surface area contributed by atoms with E-state index in [4.69, 9.17) is 10.5 Å². The Hall–Kier alpha value is -1.88. The number of nitriles is 2. The summed E-state index contributed by atoms with van der Waals surface area (Å²) >= 11 is 0. The van der Waals surface area contributed by atoms with Crippen molar-refractivity contribution in [2.75, 3.05) is 0 Å². The quantitative estimate of drug-likeness (QED) is 0.443. The highest BCUT2D eigenvalue weighted by atomic mass is 16.2. The Morgan fingerprint density at radius 2 is 1.45 bits per heavy atom. The topological polar surface area (TPSA) is 93.8 Å². The number of hydrogen-bond donors (Lipinski definition) is 1. The first-order chi connectivity index (χ1) is 5.20. The lowest BCUT2D eigenvalue weighted by molar-refractivity contribution is -0.125. The van der Waals surface area contributed by atoms with Crippen molar-refractivity contribution in [2.24, 2.45) is 11.8 Å². The molecule has 2 amide bonds. The van der Waals surface area contributed by atoms with Crippen LogP contribution in [0, 0.1) is 34.5 Å². The van der Waals surface area contributed by atoms with Crippen LogP contribution in [0.3, 0.4) is 0 Å². The van der Waals surface area contributed by atoms with Crippen molar-refractivity contribution in [2.45, 2.75) is 0 Å². The second kappa shape index (κ2) is 2.39. The van der Waals surface area contributed by atoms with Crippen LogP contribution >= 0.6 is 0 Å². The first-order valence-electron chi connectivity index (χ1n) is 2.84. The average molecular weight is 149 g/mol. The first-order valence-corrected chi connectivity index (χ1v) is 2.84. The third kappa shape index (κ3) is 0.926. The number of nitrogens with zero attached hydrogens (tertiary/aromatic N) is 2. The van der Waals surface area contributed by atoms with Crippen molar-refractivity contribution in [3.8, 4) is 12.1 Å². The summed E-state index contributed by atoms with van der Waals surface area (Å²) in [6.45, 7) is 0. The largest absolute Gasteiger partial charge is 0.294 e. The van der Waals surface area contributed by atoms with Crippen molar-refractivity contribution in [1.29, 1.82) is 10.5 Å². The molecule has 0 spiro atoms. The maximum atomic E-state index is 10.7. The van der Waals surface area contributed by atoms with E-state index in [9.17, 15) is 9.59 Å². The molecule has 1 aliphatic heterocycles. The van der Waals surface area contributed by atoms with Crippen LogP contribution in [-0.2, 0) is 9.59 Å². The third-order valence-electron chi connectivity index (χ3n) is 1.42. The Bertz CT molecular complexity index is 266. The van der Waals surface area contributed by atoms with Gasteiger partial charge in [-0.1, -0.05) is 0 Å². The van der Waals surface area contributed by atoms with E-state index in [1.807, 2.05) is 5.32 Å². The lowest BCUT2D eigenvalue weighted by atomic mass is 9.98. The van der Waals surface area contributed by atoms with Gasteiger partial charge in [0.2, 0.25) is 11.8 Å². The van der Waals surface area contributed by atoms with Crippen LogP contribution in [0.2, 0.25) is 0 Å². The van der Waals surface area contributed by atoms with Gasteiger partial charge in [-0.15, -0.1) is 0 Å². The Morgan fingerprint density at radius 3 is 1.73 bits per heavy atom. The van der Waals surface area contributed by atoms with Gasteiger partial charge in [-0.3, -0.25) is 14.9 Å². The fourth-order valence-electron chi connectivity index (χ4n) is 0.846. The zero-order valence-electron chi connectivity index (χ0n) is 5.37. The van der Waals surface area contributed by atoms with Crippen molar-refractivity contribution in [1.82, 2.24) is 5.32 Å². The fourth-order valence-corrected chi connectivity index (χ4v) is 0.846. The molecule has 1 saturated heterocycles. The molecule has 1 rings (SSSR count).